The van der Waals surface area contributed by atoms with E-state index < -0.39 is 0 Å². The van der Waals surface area contributed by atoms with E-state index in [9.17, 15) is 0 Å². The number of nitrogens with zero attached hydrogens (tertiary/aromatic N) is 1. The van der Waals surface area contributed by atoms with E-state index in [1.54, 1.807) is 0 Å². The molecule has 3 rings (SSSR count). The second-order valence-electron chi connectivity index (χ2n) is 5.77. The summed E-state index contributed by atoms with van der Waals surface area (Å²) in [5.41, 5.74) is 1.97. The monoisotopic (exact) mass is 321 g/mol. The summed E-state index contributed by atoms with van der Waals surface area (Å²) in [4.78, 5) is 4.61. The quantitative estimate of drug-likeness (QED) is 0.577. The lowest BCUT2D eigenvalue weighted by molar-refractivity contribution is 0.302. The highest BCUT2D eigenvalue weighted by molar-refractivity contribution is 5.94. The summed E-state index contributed by atoms with van der Waals surface area (Å²) >= 11 is 0. The van der Waals surface area contributed by atoms with Crippen LogP contribution in [0.2, 0.25) is 0 Å². The van der Waals surface area contributed by atoms with Crippen molar-refractivity contribution in [2.45, 2.75) is 26.7 Å². The van der Waals surface area contributed by atoms with Crippen LogP contribution in [0.25, 0.3) is 22.0 Å². The van der Waals surface area contributed by atoms with Gasteiger partial charge in [0.25, 0.3) is 0 Å². The first-order valence-corrected chi connectivity index (χ1v) is 8.56. The Morgan fingerprint density at radius 2 is 1.50 bits per heavy atom. The van der Waals surface area contributed by atoms with Gasteiger partial charge < -0.3 is 9.47 Å². The van der Waals surface area contributed by atoms with Gasteiger partial charge in [-0.3, -0.25) is 4.98 Å². The Labute approximate surface area is 143 Å². The summed E-state index contributed by atoms with van der Waals surface area (Å²) in [5.74, 6) is 1.66. The number of pyridine rings is 1. The van der Waals surface area contributed by atoms with Crippen LogP contribution in [0.15, 0.2) is 54.7 Å². The Bertz CT molecular complexity index is 782. The van der Waals surface area contributed by atoms with Gasteiger partial charge in [-0.05, 0) is 36.4 Å². The molecule has 0 aliphatic carbocycles. The molecule has 1 aromatic heterocycles. The van der Waals surface area contributed by atoms with Gasteiger partial charge in [0.05, 0.1) is 18.9 Å². The van der Waals surface area contributed by atoms with Crippen LogP contribution >= 0.6 is 0 Å². The molecule has 3 heteroatoms. The van der Waals surface area contributed by atoms with Gasteiger partial charge in [0, 0.05) is 23.2 Å². The van der Waals surface area contributed by atoms with Crippen LogP contribution in [0.1, 0.15) is 26.7 Å². The van der Waals surface area contributed by atoms with Gasteiger partial charge >= 0.3 is 0 Å². The largest absolute Gasteiger partial charge is 0.493 e. The maximum Gasteiger partial charge on any atom is 0.123 e. The SMILES string of the molecule is CCCOc1cc(OCCC)cc(-c2nccc3ccccc23)c1. The Hall–Kier alpha value is -2.55. The first-order valence-electron chi connectivity index (χ1n) is 8.56. The number of hydrogen-bond donors (Lipinski definition) is 0. The van der Waals surface area contributed by atoms with Gasteiger partial charge in [-0.25, -0.2) is 0 Å². The van der Waals surface area contributed by atoms with Gasteiger partial charge in [0.15, 0.2) is 0 Å². The molecule has 0 aliphatic heterocycles. The summed E-state index contributed by atoms with van der Waals surface area (Å²) in [5, 5.41) is 2.31. The van der Waals surface area contributed by atoms with E-state index in [2.05, 4.69) is 31.0 Å². The number of benzene rings is 2. The van der Waals surface area contributed by atoms with Crippen molar-refractivity contribution >= 4 is 10.8 Å². The zero-order valence-corrected chi connectivity index (χ0v) is 14.3. The lowest BCUT2D eigenvalue weighted by atomic mass is 10.0. The van der Waals surface area contributed by atoms with E-state index in [-0.39, 0.29) is 0 Å². The van der Waals surface area contributed by atoms with Crippen LogP contribution in [0.5, 0.6) is 11.5 Å². The third-order valence-corrected chi connectivity index (χ3v) is 3.77. The van der Waals surface area contributed by atoms with Crippen molar-refractivity contribution in [2.75, 3.05) is 13.2 Å². The summed E-state index contributed by atoms with van der Waals surface area (Å²) in [6, 6.07) is 16.4. The van der Waals surface area contributed by atoms with Crippen LogP contribution in [0, 0.1) is 0 Å². The highest BCUT2D eigenvalue weighted by atomic mass is 16.5. The van der Waals surface area contributed by atoms with Crippen LogP contribution in [0.3, 0.4) is 0 Å². The normalized spacial score (nSPS) is 10.8. The standard InChI is InChI=1S/C21H23NO2/c1-3-11-23-18-13-17(14-19(15-18)24-12-4-2)21-20-8-6-5-7-16(20)9-10-22-21/h5-10,13-15H,3-4,11-12H2,1-2H3. The highest BCUT2D eigenvalue weighted by Gasteiger charge is 2.09. The second-order valence-corrected chi connectivity index (χ2v) is 5.77. The molecule has 24 heavy (non-hydrogen) atoms. The van der Waals surface area contributed by atoms with E-state index in [0.29, 0.717) is 13.2 Å². The van der Waals surface area contributed by atoms with Crippen LogP contribution < -0.4 is 9.47 Å². The molecule has 2 aromatic carbocycles. The summed E-state index contributed by atoms with van der Waals surface area (Å²) in [7, 11) is 0. The molecule has 0 atom stereocenters. The summed E-state index contributed by atoms with van der Waals surface area (Å²) in [6.07, 6.45) is 3.80. The molecule has 0 unspecified atom stereocenters. The molecule has 3 aromatic rings. The lowest BCUT2D eigenvalue weighted by Crippen LogP contribution is -1.99. The van der Waals surface area contributed by atoms with E-state index in [4.69, 9.17) is 9.47 Å². The molecule has 0 bridgehead atoms. The fraction of sp³-hybridized carbons (Fsp3) is 0.286. The van der Waals surface area contributed by atoms with Crippen LogP contribution in [-0.2, 0) is 0 Å². The summed E-state index contributed by atoms with van der Waals surface area (Å²) in [6.45, 7) is 5.59. The topological polar surface area (TPSA) is 31.4 Å². The van der Waals surface area contributed by atoms with E-state index in [1.165, 1.54) is 5.39 Å². The maximum atomic E-state index is 5.84. The van der Waals surface area contributed by atoms with E-state index >= 15 is 0 Å². The zero-order valence-electron chi connectivity index (χ0n) is 14.3. The fourth-order valence-electron chi connectivity index (χ4n) is 2.66. The molecule has 0 saturated heterocycles. The number of aromatic nitrogens is 1. The van der Waals surface area contributed by atoms with Crippen molar-refractivity contribution in [2.24, 2.45) is 0 Å². The third-order valence-electron chi connectivity index (χ3n) is 3.77. The fourth-order valence-corrected chi connectivity index (χ4v) is 2.66. The van der Waals surface area contributed by atoms with Crippen molar-refractivity contribution in [3.8, 4) is 22.8 Å². The molecule has 0 fully saturated rings. The highest BCUT2D eigenvalue weighted by Crippen LogP contribution is 2.33. The van der Waals surface area contributed by atoms with Crippen molar-refractivity contribution in [3.63, 3.8) is 0 Å². The molecule has 124 valence electrons. The molecule has 0 radical (unpaired) electrons. The number of fused-ring (bicyclic) bond motifs is 1. The first kappa shape index (κ1) is 16.3. The number of hydrogen-bond acceptors (Lipinski definition) is 3. The maximum absolute atomic E-state index is 5.84. The summed E-state index contributed by atoms with van der Waals surface area (Å²) < 4.78 is 11.7. The van der Waals surface area contributed by atoms with Crippen molar-refractivity contribution in [1.29, 1.82) is 0 Å². The van der Waals surface area contributed by atoms with Gasteiger partial charge in [0.2, 0.25) is 0 Å². The minimum absolute atomic E-state index is 0.694. The van der Waals surface area contributed by atoms with Gasteiger partial charge in [0.1, 0.15) is 11.5 Å². The van der Waals surface area contributed by atoms with Gasteiger partial charge in [-0.1, -0.05) is 38.1 Å². The Balaban J connectivity index is 2.07. The van der Waals surface area contributed by atoms with Crippen LogP contribution in [0.4, 0.5) is 0 Å². The molecule has 0 saturated carbocycles. The average molecular weight is 321 g/mol. The van der Waals surface area contributed by atoms with Crippen molar-refractivity contribution in [3.05, 3.63) is 54.7 Å². The van der Waals surface area contributed by atoms with Gasteiger partial charge in [-0.2, -0.15) is 0 Å². The smallest absolute Gasteiger partial charge is 0.123 e. The molecule has 0 aliphatic rings. The molecule has 1 heterocycles. The van der Waals surface area contributed by atoms with E-state index in [1.807, 2.05) is 42.6 Å². The van der Waals surface area contributed by atoms with E-state index in [0.717, 1.165) is 41.0 Å². The Kier molecular flexibility index (Phi) is 5.32. The average Bonchev–Trinajstić information content (AvgIpc) is 2.64. The van der Waals surface area contributed by atoms with Gasteiger partial charge in [-0.15, -0.1) is 0 Å². The minimum Gasteiger partial charge on any atom is -0.493 e. The Morgan fingerprint density at radius 3 is 2.17 bits per heavy atom. The lowest BCUT2D eigenvalue weighted by Gasteiger charge is -2.13. The number of rotatable bonds is 7. The molecule has 3 nitrogen and oxygen atoms in total. The van der Waals surface area contributed by atoms with Crippen LogP contribution in [-0.4, -0.2) is 18.2 Å². The Morgan fingerprint density at radius 1 is 0.833 bits per heavy atom. The number of ether oxygens (including phenoxy) is 2. The predicted molar refractivity (Wildman–Crippen MR) is 98.8 cm³/mol. The third kappa shape index (κ3) is 3.67. The second kappa shape index (κ2) is 7.82. The van der Waals surface area contributed by atoms with Crippen molar-refractivity contribution < 1.29 is 9.47 Å². The molecule has 0 N–H and O–H groups in total. The first-order chi connectivity index (χ1) is 11.8. The molecule has 0 spiro atoms. The molecular formula is C21H23NO2. The molecule has 0 amide bonds. The minimum atomic E-state index is 0.694. The zero-order chi connectivity index (χ0) is 16.8. The predicted octanol–water partition coefficient (Wildman–Crippen LogP) is 5.48. The molecular weight excluding hydrogens is 298 g/mol. The van der Waals surface area contributed by atoms with Crippen molar-refractivity contribution in [1.82, 2.24) is 4.98 Å².